The molecule has 1 aromatic rings. The summed E-state index contributed by atoms with van der Waals surface area (Å²) in [5.74, 6) is 1.11. The first-order chi connectivity index (χ1) is 8.70. The van der Waals surface area contributed by atoms with E-state index in [0.717, 1.165) is 6.54 Å². The van der Waals surface area contributed by atoms with E-state index in [4.69, 9.17) is 21.1 Å². The Labute approximate surface area is 110 Å². The van der Waals surface area contributed by atoms with E-state index in [2.05, 4.69) is 10.6 Å². The number of amides is 1. The van der Waals surface area contributed by atoms with Crippen LogP contribution in [0.4, 0.5) is 5.69 Å². The Balaban J connectivity index is 1.99. The van der Waals surface area contributed by atoms with Crippen molar-refractivity contribution in [1.82, 2.24) is 5.32 Å². The molecule has 0 atom stereocenters. The second-order valence-corrected chi connectivity index (χ2v) is 4.24. The van der Waals surface area contributed by atoms with Crippen molar-refractivity contribution in [3.05, 3.63) is 17.2 Å². The van der Waals surface area contributed by atoms with Crippen LogP contribution in [0.15, 0.2) is 12.1 Å². The van der Waals surface area contributed by atoms with Gasteiger partial charge < -0.3 is 20.1 Å². The Hall–Kier alpha value is -1.46. The molecule has 1 amide bonds. The lowest BCUT2D eigenvalue weighted by atomic mass is 10.2. The first kappa shape index (κ1) is 13.0. The van der Waals surface area contributed by atoms with Crippen molar-refractivity contribution in [3.63, 3.8) is 0 Å². The Kier molecular flexibility index (Phi) is 4.28. The maximum absolute atomic E-state index is 11.7. The fraction of sp³-hybridized carbons (Fsp3) is 0.417. The van der Waals surface area contributed by atoms with Crippen LogP contribution in [-0.4, -0.2) is 25.8 Å². The smallest absolute Gasteiger partial charge is 0.231 e. The third-order valence-corrected chi connectivity index (χ3v) is 2.83. The van der Waals surface area contributed by atoms with E-state index < -0.39 is 0 Å². The Morgan fingerprint density at radius 3 is 2.83 bits per heavy atom. The Morgan fingerprint density at radius 2 is 2.11 bits per heavy atom. The summed E-state index contributed by atoms with van der Waals surface area (Å²) in [7, 11) is 0. The SMILES string of the molecule is CCNCCC(=O)Nc1cc2c(cc1Cl)OCO2. The number of carbonyl (C=O) groups excluding carboxylic acids is 1. The summed E-state index contributed by atoms with van der Waals surface area (Å²) < 4.78 is 10.4. The number of halogens is 1. The molecule has 1 aliphatic heterocycles. The molecule has 0 aromatic heterocycles. The number of ether oxygens (including phenoxy) is 2. The monoisotopic (exact) mass is 270 g/mol. The van der Waals surface area contributed by atoms with Crippen LogP contribution in [0.5, 0.6) is 11.5 Å². The van der Waals surface area contributed by atoms with Crippen LogP contribution < -0.4 is 20.1 Å². The zero-order valence-electron chi connectivity index (χ0n) is 10.1. The van der Waals surface area contributed by atoms with Crippen molar-refractivity contribution in [2.45, 2.75) is 13.3 Å². The predicted molar refractivity (Wildman–Crippen MR) is 69.4 cm³/mol. The number of benzene rings is 1. The molecule has 0 spiro atoms. The van der Waals surface area contributed by atoms with Gasteiger partial charge >= 0.3 is 0 Å². The zero-order chi connectivity index (χ0) is 13.0. The van der Waals surface area contributed by atoms with Crippen LogP contribution in [0.3, 0.4) is 0 Å². The van der Waals surface area contributed by atoms with Crippen LogP contribution in [0.1, 0.15) is 13.3 Å². The zero-order valence-corrected chi connectivity index (χ0v) is 10.8. The van der Waals surface area contributed by atoms with Gasteiger partial charge in [-0.1, -0.05) is 18.5 Å². The number of hydrogen-bond acceptors (Lipinski definition) is 4. The van der Waals surface area contributed by atoms with Gasteiger partial charge in [0.15, 0.2) is 11.5 Å². The summed E-state index contributed by atoms with van der Waals surface area (Å²) in [6.07, 6.45) is 0.401. The van der Waals surface area contributed by atoms with E-state index in [0.29, 0.717) is 35.2 Å². The van der Waals surface area contributed by atoms with Gasteiger partial charge in [-0.2, -0.15) is 0 Å². The molecular formula is C12H15ClN2O3. The molecule has 0 saturated heterocycles. The molecule has 18 heavy (non-hydrogen) atoms. The molecule has 0 unspecified atom stereocenters. The van der Waals surface area contributed by atoms with Gasteiger partial charge in [0.2, 0.25) is 12.7 Å². The van der Waals surface area contributed by atoms with Gasteiger partial charge in [-0.3, -0.25) is 4.79 Å². The highest BCUT2D eigenvalue weighted by molar-refractivity contribution is 6.34. The summed E-state index contributed by atoms with van der Waals surface area (Å²) in [6, 6.07) is 3.32. The van der Waals surface area contributed by atoms with Gasteiger partial charge in [-0.25, -0.2) is 0 Å². The maximum Gasteiger partial charge on any atom is 0.231 e. The van der Waals surface area contributed by atoms with E-state index in [1.807, 2.05) is 6.92 Å². The lowest BCUT2D eigenvalue weighted by Crippen LogP contribution is -2.21. The van der Waals surface area contributed by atoms with Crippen LogP contribution in [0.2, 0.25) is 5.02 Å². The summed E-state index contributed by atoms with van der Waals surface area (Å²) in [4.78, 5) is 11.7. The number of nitrogens with one attached hydrogen (secondary N) is 2. The molecule has 0 bridgehead atoms. The second kappa shape index (κ2) is 5.93. The first-order valence-corrected chi connectivity index (χ1v) is 6.18. The van der Waals surface area contributed by atoms with E-state index in [1.54, 1.807) is 12.1 Å². The third-order valence-electron chi connectivity index (χ3n) is 2.52. The lowest BCUT2D eigenvalue weighted by molar-refractivity contribution is -0.116. The van der Waals surface area contributed by atoms with Crippen LogP contribution in [-0.2, 0) is 4.79 Å². The molecule has 2 N–H and O–H groups in total. The van der Waals surface area contributed by atoms with Crippen molar-refractivity contribution in [2.24, 2.45) is 0 Å². The van der Waals surface area contributed by atoms with Crippen molar-refractivity contribution in [3.8, 4) is 11.5 Å². The maximum atomic E-state index is 11.7. The highest BCUT2D eigenvalue weighted by atomic mass is 35.5. The number of hydrogen-bond donors (Lipinski definition) is 2. The minimum atomic E-state index is -0.0864. The molecule has 2 rings (SSSR count). The number of fused-ring (bicyclic) bond motifs is 1. The van der Waals surface area contributed by atoms with Gasteiger partial charge in [0.05, 0.1) is 10.7 Å². The highest BCUT2D eigenvalue weighted by Crippen LogP contribution is 2.39. The Morgan fingerprint density at radius 1 is 1.39 bits per heavy atom. The normalized spacial score (nSPS) is 12.6. The van der Waals surface area contributed by atoms with Crippen LogP contribution >= 0.6 is 11.6 Å². The molecule has 1 aromatic carbocycles. The standard InChI is InChI=1S/C12H15ClN2O3/c1-2-14-4-3-12(16)15-9-6-11-10(5-8(9)13)17-7-18-11/h5-6,14H,2-4,7H2,1H3,(H,15,16). The number of anilines is 1. The summed E-state index contributed by atoms with van der Waals surface area (Å²) >= 11 is 6.05. The quantitative estimate of drug-likeness (QED) is 0.804. The largest absolute Gasteiger partial charge is 0.454 e. The molecular weight excluding hydrogens is 256 g/mol. The molecule has 1 heterocycles. The van der Waals surface area contributed by atoms with E-state index in [-0.39, 0.29) is 12.7 Å². The van der Waals surface area contributed by atoms with Gasteiger partial charge in [0.1, 0.15) is 0 Å². The molecule has 0 fully saturated rings. The fourth-order valence-electron chi connectivity index (χ4n) is 1.60. The summed E-state index contributed by atoms with van der Waals surface area (Å²) in [5.41, 5.74) is 0.544. The van der Waals surface area contributed by atoms with Gasteiger partial charge in [-0.15, -0.1) is 0 Å². The minimum Gasteiger partial charge on any atom is -0.454 e. The van der Waals surface area contributed by atoms with Crippen LogP contribution in [0, 0.1) is 0 Å². The van der Waals surface area contributed by atoms with Crippen molar-refractivity contribution in [2.75, 3.05) is 25.2 Å². The van der Waals surface area contributed by atoms with Gasteiger partial charge in [0.25, 0.3) is 0 Å². The van der Waals surface area contributed by atoms with Crippen molar-refractivity contribution in [1.29, 1.82) is 0 Å². The molecule has 98 valence electrons. The molecule has 0 aliphatic carbocycles. The number of rotatable bonds is 5. The molecule has 5 nitrogen and oxygen atoms in total. The predicted octanol–water partition coefficient (Wildman–Crippen LogP) is 2.01. The molecule has 0 radical (unpaired) electrons. The molecule has 6 heteroatoms. The third kappa shape index (κ3) is 3.05. The minimum absolute atomic E-state index is 0.0864. The average Bonchev–Trinajstić information content (AvgIpc) is 2.77. The van der Waals surface area contributed by atoms with Gasteiger partial charge in [-0.05, 0) is 6.54 Å². The van der Waals surface area contributed by atoms with Crippen molar-refractivity contribution >= 4 is 23.2 Å². The van der Waals surface area contributed by atoms with Crippen molar-refractivity contribution < 1.29 is 14.3 Å². The summed E-state index contributed by atoms with van der Waals surface area (Å²) in [6.45, 7) is 3.67. The van der Waals surface area contributed by atoms with Crippen LogP contribution in [0.25, 0.3) is 0 Å². The van der Waals surface area contributed by atoms with Gasteiger partial charge in [0, 0.05) is 25.1 Å². The highest BCUT2D eigenvalue weighted by Gasteiger charge is 2.17. The number of carbonyl (C=O) groups is 1. The van der Waals surface area contributed by atoms with E-state index in [9.17, 15) is 4.79 Å². The molecule has 0 saturated carbocycles. The summed E-state index contributed by atoms with van der Waals surface area (Å²) in [5, 5.41) is 6.28. The van der Waals surface area contributed by atoms with E-state index in [1.165, 1.54) is 0 Å². The Bertz CT molecular complexity index is 451. The fourth-order valence-corrected chi connectivity index (χ4v) is 1.81. The lowest BCUT2D eigenvalue weighted by Gasteiger charge is -2.08. The van der Waals surface area contributed by atoms with E-state index >= 15 is 0 Å². The molecule has 1 aliphatic rings. The average molecular weight is 271 g/mol. The first-order valence-electron chi connectivity index (χ1n) is 5.80. The second-order valence-electron chi connectivity index (χ2n) is 3.84. The topological polar surface area (TPSA) is 59.6 Å².